The number of aryl methyl sites for hydroxylation is 1. The highest BCUT2D eigenvalue weighted by Crippen LogP contribution is 2.15. The van der Waals surface area contributed by atoms with Crippen LogP contribution in [-0.2, 0) is 5.88 Å². The molecule has 1 aromatic carbocycles. The van der Waals surface area contributed by atoms with Crippen LogP contribution in [0.2, 0.25) is 0 Å². The smallest absolute Gasteiger partial charge is 0.258 e. The molecule has 0 radical (unpaired) electrons. The number of benzene rings is 1. The minimum Gasteiger partial charge on any atom is -0.309 e. The van der Waals surface area contributed by atoms with Crippen molar-refractivity contribution in [3.05, 3.63) is 39.7 Å². The van der Waals surface area contributed by atoms with E-state index in [1.54, 1.807) is 6.92 Å². The number of aromatic nitrogens is 2. The Balaban J connectivity index is 2.91. The van der Waals surface area contributed by atoms with Gasteiger partial charge in [-0.05, 0) is 24.6 Å². The van der Waals surface area contributed by atoms with Crippen molar-refractivity contribution in [1.82, 2.24) is 9.97 Å². The normalized spacial score (nSPS) is 10.9. The molecule has 0 unspecified atom stereocenters. The van der Waals surface area contributed by atoms with Gasteiger partial charge >= 0.3 is 0 Å². The van der Waals surface area contributed by atoms with Crippen molar-refractivity contribution in [1.29, 1.82) is 0 Å². The van der Waals surface area contributed by atoms with E-state index in [1.807, 2.05) is 0 Å². The van der Waals surface area contributed by atoms with Gasteiger partial charge in [0.15, 0.2) is 0 Å². The van der Waals surface area contributed by atoms with Crippen LogP contribution >= 0.6 is 11.6 Å². The summed E-state index contributed by atoms with van der Waals surface area (Å²) in [7, 11) is 0. The number of hydrogen-bond donors (Lipinski definition) is 1. The fourth-order valence-electron chi connectivity index (χ4n) is 1.48. The quantitative estimate of drug-likeness (QED) is 0.757. The summed E-state index contributed by atoms with van der Waals surface area (Å²) in [6.07, 6.45) is 0. The molecule has 0 amide bonds. The molecule has 0 saturated heterocycles. The molecule has 1 aromatic heterocycles. The average Bonchev–Trinajstić information content (AvgIpc) is 2.19. The highest BCUT2D eigenvalue weighted by molar-refractivity contribution is 6.16. The first-order chi connectivity index (χ1) is 7.11. The summed E-state index contributed by atoms with van der Waals surface area (Å²) in [4.78, 5) is 18.2. The van der Waals surface area contributed by atoms with Crippen LogP contribution in [-0.4, -0.2) is 9.97 Å². The number of nitrogens with one attached hydrogen (secondary N) is 1. The standard InChI is InChI=1S/C10H8ClFN2O/c1-5-2-6(12)3-7-9(5)13-8(4-11)14-10(7)15/h2-3H,4H2,1H3,(H,13,14,15). The van der Waals surface area contributed by atoms with E-state index in [9.17, 15) is 9.18 Å². The largest absolute Gasteiger partial charge is 0.309 e. The Labute approximate surface area is 89.9 Å². The molecule has 0 saturated carbocycles. The van der Waals surface area contributed by atoms with E-state index in [0.29, 0.717) is 16.9 Å². The Morgan fingerprint density at radius 1 is 1.53 bits per heavy atom. The van der Waals surface area contributed by atoms with Crippen molar-refractivity contribution in [3.8, 4) is 0 Å². The van der Waals surface area contributed by atoms with Gasteiger partial charge in [0.2, 0.25) is 0 Å². The third kappa shape index (κ3) is 1.72. The third-order valence-electron chi connectivity index (χ3n) is 2.14. The van der Waals surface area contributed by atoms with Gasteiger partial charge in [-0.15, -0.1) is 11.6 Å². The first-order valence-electron chi connectivity index (χ1n) is 4.37. The Morgan fingerprint density at radius 3 is 2.93 bits per heavy atom. The van der Waals surface area contributed by atoms with Crippen LogP contribution in [0.1, 0.15) is 11.4 Å². The van der Waals surface area contributed by atoms with Crippen LogP contribution in [0.15, 0.2) is 16.9 Å². The molecule has 2 aromatic rings. The molecule has 3 nitrogen and oxygen atoms in total. The summed E-state index contributed by atoms with van der Waals surface area (Å²) in [5.41, 5.74) is 0.761. The van der Waals surface area contributed by atoms with Crippen LogP contribution in [0, 0.1) is 12.7 Å². The van der Waals surface area contributed by atoms with Crippen LogP contribution in [0.3, 0.4) is 0 Å². The van der Waals surface area contributed by atoms with Gasteiger partial charge in [-0.3, -0.25) is 4.79 Å². The molecule has 5 heteroatoms. The van der Waals surface area contributed by atoms with Gasteiger partial charge in [0.25, 0.3) is 5.56 Å². The van der Waals surface area contributed by atoms with Gasteiger partial charge in [-0.2, -0.15) is 0 Å². The SMILES string of the molecule is Cc1cc(F)cc2c(=O)[nH]c(CCl)nc12. The van der Waals surface area contributed by atoms with Crippen LogP contribution < -0.4 is 5.56 Å². The molecular formula is C10H8ClFN2O. The van der Waals surface area contributed by atoms with Crippen molar-refractivity contribution in [2.24, 2.45) is 0 Å². The molecule has 2 rings (SSSR count). The lowest BCUT2D eigenvalue weighted by Crippen LogP contribution is -2.11. The Morgan fingerprint density at radius 2 is 2.27 bits per heavy atom. The average molecular weight is 227 g/mol. The lowest BCUT2D eigenvalue weighted by molar-refractivity contribution is 0.628. The van der Waals surface area contributed by atoms with Crippen molar-refractivity contribution >= 4 is 22.5 Å². The summed E-state index contributed by atoms with van der Waals surface area (Å²) in [5.74, 6) is 0.0805. The molecule has 1 N–H and O–H groups in total. The number of rotatable bonds is 1. The van der Waals surface area contributed by atoms with Crippen molar-refractivity contribution < 1.29 is 4.39 Å². The van der Waals surface area contributed by atoms with E-state index in [2.05, 4.69) is 9.97 Å². The van der Waals surface area contributed by atoms with Crippen LogP contribution in [0.25, 0.3) is 10.9 Å². The molecule has 0 fully saturated rings. The predicted octanol–water partition coefficient (Wildman–Crippen LogP) is 2.11. The van der Waals surface area contributed by atoms with E-state index < -0.39 is 5.82 Å². The topological polar surface area (TPSA) is 45.8 Å². The molecule has 0 aliphatic rings. The van der Waals surface area contributed by atoms with Gasteiger partial charge in [0.05, 0.1) is 16.8 Å². The zero-order chi connectivity index (χ0) is 11.0. The highest BCUT2D eigenvalue weighted by atomic mass is 35.5. The lowest BCUT2D eigenvalue weighted by atomic mass is 10.1. The number of nitrogens with zero attached hydrogens (tertiary/aromatic N) is 1. The van der Waals surface area contributed by atoms with Crippen molar-refractivity contribution in [2.45, 2.75) is 12.8 Å². The second-order valence-corrected chi connectivity index (χ2v) is 3.53. The molecule has 0 atom stereocenters. The second-order valence-electron chi connectivity index (χ2n) is 3.27. The number of H-pyrrole nitrogens is 1. The van der Waals surface area contributed by atoms with E-state index in [4.69, 9.17) is 11.6 Å². The molecule has 0 bridgehead atoms. The number of alkyl halides is 1. The maximum atomic E-state index is 13.1. The lowest BCUT2D eigenvalue weighted by Gasteiger charge is -2.02. The molecule has 15 heavy (non-hydrogen) atoms. The Kier molecular flexibility index (Phi) is 2.44. The molecule has 0 aliphatic heterocycles. The third-order valence-corrected chi connectivity index (χ3v) is 2.39. The summed E-state index contributed by atoms with van der Waals surface area (Å²) in [5, 5.41) is 0.251. The first-order valence-corrected chi connectivity index (χ1v) is 4.90. The first kappa shape index (κ1) is 10.1. The van der Waals surface area contributed by atoms with Gasteiger partial charge < -0.3 is 4.98 Å². The summed E-state index contributed by atoms with van der Waals surface area (Å²) in [6.45, 7) is 1.70. The maximum absolute atomic E-state index is 13.1. The van der Waals surface area contributed by atoms with Crippen molar-refractivity contribution in [3.63, 3.8) is 0 Å². The summed E-state index contributed by atoms with van der Waals surface area (Å²) >= 11 is 5.58. The van der Waals surface area contributed by atoms with E-state index in [-0.39, 0.29) is 16.8 Å². The number of halogens is 2. The van der Waals surface area contributed by atoms with Crippen LogP contribution in [0.4, 0.5) is 4.39 Å². The van der Waals surface area contributed by atoms with Crippen molar-refractivity contribution in [2.75, 3.05) is 0 Å². The predicted molar refractivity (Wildman–Crippen MR) is 56.6 cm³/mol. The van der Waals surface area contributed by atoms with E-state index in [0.717, 1.165) is 0 Å². The number of aromatic amines is 1. The Hall–Kier alpha value is -1.42. The number of hydrogen-bond acceptors (Lipinski definition) is 2. The molecule has 1 heterocycles. The fraction of sp³-hybridized carbons (Fsp3) is 0.200. The van der Waals surface area contributed by atoms with Gasteiger partial charge in [0, 0.05) is 0 Å². The molecular weight excluding hydrogens is 219 g/mol. The molecule has 0 spiro atoms. The van der Waals surface area contributed by atoms with Gasteiger partial charge in [0.1, 0.15) is 11.6 Å². The zero-order valence-electron chi connectivity index (χ0n) is 7.97. The monoisotopic (exact) mass is 226 g/mol. The van der Waals surface area contributed by atoms with Crippen LogP contribution in [0.5, 0.6) is 0 Å². The number of fused-ring (bicyclic) bond motifs is 1. The minimum atomic E-state index is -0.439. The maximum Gasteiger partial charge on any atom is 0.258 e. The summed E-state index contributed by atoms with van der Waals surface area (Å²) < 4.78 is 13.1. The minimum absolute atomic E-state index is 0.127. The Bertz CT molecular complexity index is 579. The fourth-order valence-corrected chi connectivity index (χ4v) is 1.61. The van der Waals surface area contributed by atoms with Gasteiger partial charge in [-0.1, -0.05) is 0 Å². The molecule has 78 valence electrons. The zero-order valence-corrected chi connectivity index (χ0v) is 8.73. The van der Waals surface area contributed by atoms with E-state index in [1.165, 1.54) is 12.1 Å². The van der Waals surface area contributed by atoms with Gasteiger partial charge in [-0.25, -0.2) is 9.37 Å². The highest BCUT2D eigenvalue weighted by Gasteiger charge is 2.07. The van der Waals surface area contributed by atoms with E-state index >= 15 is 0 Å². The second kappa shape index (κ2) is 3.62. The molecule has 0 aliphatic carbocycles. The summed E-state index contributed by atoms with van der Waals surface area (Å²) in [6, 6.07) is 2.51.